The Balaban J connectivity index is 3.10. The maximum Gasteiger partial charge on any atom is 0.325 e. The number of rotatable bonds is 5. The highest BCUT2D eigenvalue weighted by Gasteiger charge is 2.20. The Morgan fingerprint density at radius 2 is 2.00 bits per heavy atom. The van der Waals surface area contributed by atoms with Crippen molar-refractivity contribution in [1.29, 1.82) is 0 Å². The van der Waals surface area contributed by atoms with Gasteiger partial charge in [0.05, 0.1) is 0 Å². The zero-order valence-corrected chi connectivity index (χ0v) is 10.0. The highest BCUT2D eigenvalue weighted by atomic mass is 16.4. The van der Waals surface area contributed by atoms with Crippen LogP contribution in [-0.4, -0.2) is 22.7 Å². The van der Waals surface area contributed by atoms with Crippen molar-refractivity contribution in [2.45, 2.75) is 19.9 Å². The molecule has 0 amide bonds. The summed E-state index contributed by atoms with van der Waals surface area (Å²) in [7, 11) is 0. The molecule has 1 aromatic carbocycles. The van der Waals surface area contributed by atoms with E-state index in [1.54, 1.807) is 32.1 Å². The van der Waals surface area contributed by atoms with Crippen LogP contribution in [0.1, 0.15) is 22.7 Å². The van der Waals surface area contributed by atoms with Gasteiger partial charge in [0.15, 0.2) is 0 Å². The molecule has 92 valence electrons. The Morgan fingerprint density at radius 1 is 1.47 bits per heavy atom. The van der Waals surface area contributed by atoms with Crippen molar-refractivity contribution < 1.29 is 15.0 Å². The smallest absolute Gasteiger partial charge is 0.325 e. The standard InChI is InChI=1S/C13H17NO3/c1-4-5-14-11(13(16)17)10-6-8(2)12(15)9(3)7-10/h4,6-7,11,14-15H,1,5H2,2-3H3,(H,16,17). The summed E-state index contributed by atoms with van der Waals surface area (Å²) >= 11 is 0. The lowest BCUT2D eigenvalue weighted by molar-refractivity contribution is -0.139. The van der Waals surface area contributed by atoms with E-state index in [4.69, 9.17) is 5.11 Å². The summed E-state index contributed by atoms with van der Waals surface area (Å²) < 4.78 is 0. The van der Waals surface area contributed by atoms with Crippen molar-refractivity contribution >= 4 is 5.97 Å². The average molecular weight is 235 g/mol. The minimum atomic E-state index is -0.948. The van der Waals surface area contributed by atoms with Crippen molar-refractivity contribution in [2.75, 3.05) is 6.54 Å². The molecular formula is C13H17NO3. The van der Waals surface area contributed by atoms with Gasteiger partial charge in [-0.3, -0.25) is 10.1 Å². The predicted octanol–water partition coefficient (Wildman–Crippen LogP) is 1.91. The van der Waals surface area contributed by atoms with Crippen LogP contribution in [0.3, 0.4) is 0 Å². The molecule has 0 saturated carbocycles. The van der Waals surface area contributed by atoms with Crippen molar-refractivity contribution in [2.24, 2.45) is 0 Å². The van der Waals surface area contributed by atoms with E-state index in [0.717, 1.165) is 0 Å². The minimum absolute atomic E-state index is 0.210. The summed E-state index contributed by atoms with van der Waals surface area (Å²) in [5.74, 6) is -0.738. The van der Waals surface area contributed by atoms with Crippen LogP contribution in [0.4, 0.5) is 0 Å². The Labute approximate surface area is 101 Å². The molecule has 0 aliphatic rings. The predicted molar refractivity (Wildman–Crippen MR) is 66.2 cm³/mol. The molecule has 0 saturated heterocycles. The van der Waals surface area contributed by atoms with Gasteiger partial charge in [-0.15, -0.1) is 6.58 Å². The molecule has 0 spiro atoms. The van der Waals surface area contributed by atoms with Gasteiger partial charge in [-0.2, -0.15) is 0 Å². The molecule has 0 aliphatic heterocycles. The number of phenolic OH excluding ortho intramolecular Hbond substituents is 1. The van der Waals surface area contributed by atoms with Crippen molar-refractivity contribution in [3.63, 3.8) is 0 Å². The number of aromatic hydroxyl groups is 1. The van der Waals surface area contributed by atoms with E-state index in [-0.39, 0.29) is 5.75 Å². The summed E-state index contributed by atoms with van der Waals surface area (Å²) in [5, 5.41) is 21.6. The lowest BCUT2D eigenvalue weighted by Crippen LogP contribution is -2.28. The van der Waals surface area contributed by atoms with Crippen LogP contribution >= 0.6 is 0 Å². The van der Waals surface area contributed by atoms with Gasteiger partial charge in [-0.25, -0.2) is 0 Å². The van der Waals surface area contributed by atoms with Gasteiger partial charge in [0, 0.05) is 6.54 Å². The van der Waals surface area contributed by atoms with Gasteiger partial charge < -0.3 is 10.2 Å². The average Bonchev–Trinajstić information content (AvgIpc) is 2.25. The second kappa shape index (κ2) is 5.50. The minimum Gasteiger partial charge on any atom is -0.507 e. The molecule has 0 bridgehead atoms. The largest absolute Gasteiger partial charge is 0.507 e. The van der Waals surface area contributed by atoms with Crippen molar-refractivity contribution in [3.05, 3.63) is 41.5 Å². The molecule has 4 heteroatoms. The Hall–Kier alpha value is -1.81. The molecule has 1 aromatic rings. The van der Waals surface area contributed by atoms with Gasteiger partial charge >= 0.3 is 5.97 Å². The van der Waals surface area contributed by atoms with E-state index in [9.17, 15) is 9.90 Å². The van der Waals surface area contributed by atoms with E-state index < -0.39 is 12.0 Å². The van der Waals surface area contributed by atoms with Gasteiger partial charge in [0.25, 0.3) is 0 Å². The van der Waals surface area contributed by atoms with E-state index in [1.165, 1.54) is 0 Å². The zero-order chi connectivity index (χ0) is 13.0. The quantitative estimate of drug-likeness (QED) is 0.682. The molecule has 0 radical (unpaired) electrons. The van der Waals surface area contributed by atoms with E-state index >= 15 is 0 Å². The fraction of sp³-hybridized carbons (Fsp3) is 0.308. The van der Waals surface area contributed by atoms with Crippen molar-refractivity contribution in [1.82, 2.24) is 5.32 Å². The molecule has 1 atom stereocenters. The third-order valence-electron chi connectivity index (χ3n) is 2.56. The van der Waals surface area contributed by atoms with Crippen LogP contribution in [0.5, 0.6) is 5.75 Å². The van der Waals surface area contributed by atoms with Crippen LogP contribution in [-0.2, 0) is 4.79 Å². The monoisotopic (exact) mass is 235 g/mol. The Bertz CT molecular complexity index is 417. The molecule has 1 unspecified atom stereocenters. The number of carboxylic acid groups (broad SMARTS) is 1. The first-order valence-corrected chi connectivity index (χ1v) is 5.34. The first-order valence-electron chi connectivity index (χ1n) is 5.34. The zero-order valence-electron chi connectivity index (χ0n) is 10.0. The molecule has 3 N–H and O–H groups in total. The molecule has 0 fully saturated rings. The maximum absolute atomic E-state index is 11.2. The molecule has 0 aromatic heterocycles. The number of carboxylic acids is 1. The summed E-state index contributed by atoms with van der Waals surface area (Å²) in [6.45, 7) is 7.45. The number of nitrogens with one attached hydrogen (secondary N) is 1. The van der Waals surface area contributed by atoms with E-state index in [1.807, 2.05) is 0 Å². The third kappa shape index (κ3) is 3.07. The highest BCUT2D eigenvalue weighted by Crippen LogP contribution is 2.26. The second-order valence-corrected chi connectivity index (χ2v) is 3.97. The fourth-order valence-electron chi connectivity index (χ4n) is 1.70. The first-order chi connectivity index (χ1) is 7.97. The van der Waals surface area contributed by atoms with E-state index in [2.05, 4.69) is 11.9 Å². The Morgan fingerprint density at radius 3 is 2.41 bits per heavy atom. The van der Waals surface area contributed by atoms with Gasteiger partial charge in [-0.05, 0) is 30.5 Å². The molecule has 0 heterocycles. The molecule has 4 nitrogen and oxygen atoms in total. The number of aliphatic carboxylic acids is 1. The number of hydrogen-bond acceptors (Lipinski definition) is 3. The number of benzene rings is 1. The highest BCUT2D eigenvalue weighted by molar-refractivity contribution is 5.76. The van der Waals surface area contributed by atoms with Gasteiger partial charge in [0.1, 0.15) is 11.8 Å². The first kappa shape index (κ1) is 13.3. The number of aryl methyl sites for hydroxylation is 2. The van der Waals surface area contributed by atoms with Crippen LogP contribution in [0.25, 0.3) is 0 Å². The van der Waals surface area contributed by atoms with Gasteiger partial charge in [-0.1, -0.05) is 18.2 Å². The number of phenols is 1. The molecule has 0 aliphatic carbocycles. The molecular weight excluding hydrogens is 218 g/mol. The SMILES string of the molecule is C=CCNC(C(=O)O)c1cc(C)c(O)c(C)c1. The normalized spacial score (nSPS) is 12.1. The van der Waals surface area contributed by atoms with Crippen molar-refractivity contribution in [3.8, 4) is 5.75 Å². The Kier molecular flexibility index (Phi) is 4.29. The summed E-state index contributed by atoms with van der Waals surface area (Å²) in [6, 6.07) is 2.57. The second-order valence-electron chi connectivity index (χ2n) is 3.97. The lowest BCUT2D eigenvalue weighted by Gasteiger charge is -2.16. The maximum atomic E-state index is 11.2. The number of carbonyl (C=O) groups is 1. The summed E-state index contributed by atoms with van der Waals surface area (Å²) in [6.07, 6.45) is 1.61. The molecule has 17 heavy (non-hydrogen) atoms. The number of hydrogen-bond donors (Lipinski definition) is 3. The summed E-state index contributed by atoms with van der Waals surface area (Å²) in [5.41, 5.74) is 1.98. The lowest BCUT2D eigenvalue weighted by atomic mass is 10.00. The van der Waals surface area contributed by atoms with E-state index in [0.29, 0.717) is 23.2 Å². The van der Waals surface area contributed by atoms with Crippen LogP contribution in [0.15, 0.2) is 24.8 Å². The van der Waals surface area contributed by atoms with Crippen LogP contribution in [0, 0.1) is 13.8 Å². The topological polar surface area (TPSA) is 69.6 Å². The third-order valence-corrected chi connectivity index (χ3v) is 2.56. The summed E-state index contributed by atoms with van der Waals surface area (Å²) in [4.78, 5) is 11.2. The fourth-order valence-corrected chi connectivity index (χ4v) is 1.70. The molecule has 1 rings (SSSR count). The van der Waals surface area contributed by atoms with Crippen LogP contribution in [0.2, 0.25) is 0 Å². The van der Waals surface area contributed by atoms with Gasteiger partial charge in [0.2, 0.25) is 0 Å². The van der Waals surface area contributed by atoms with Crippen LogP contribution < -0.4 is 5.32 Å².